The SMILES string of the molecule is Cc1nc2cc(NC(=O)[C@@H]3CC(=O)N([C@H](C)c4ccccc4)C3)ccc2o1. The van der Waals surface area contributed by atoms with E-state index in [-0.39, 0.29) is 30.2 Å². The largest absolute Gasteiger partial charge is 0.441 e. The standard InChI is InChI=1S/C21H21N3O3/c1-13(15-6-4-3-5-7-15)24-12-16(10-20(24)25)21(26)23-17-8-9-19-18(11-17)22-14(2)27-19/h3-9,11,13,16H,10,12H2,1-2H3,(H,23,26)/t13-,16-/m1/s1. The number of nitrogens with one attached hydrogen (secondary N) is 1. The van der Waals surface area contributed by atoms with Crippen molar-refractivity contribution in [2.24, 2.45) is 5.92 Å². The average Bonchev–Trinajstić information content (AvgIpc) is 3.23. The monoisotopic (exact) mass is 363 g/mol. The number of hydrogen-bond donors (Lipinski definition) is 1. The lowest BCUT2D eigenvalue weighted by atomic mass is 10.1. The molecule has 3 aromatic rings. The molecule has 2 atom stereocenters. The van der Waals surface area contributed by atoms with Crippen molar-refractivity contribution in [1.82, 2.24) is 9.88 Å². The highest BCUT2D eigenvalue weighted by atomic mass is 16.3. The molecule has 138 valence electrons. The highest BCUT2D eigenvalue weighted by Crippen LogP contribution is 2.29. The van der Waals surface area contributed by atoms with Crippen LogP contribution in [-0.2, 0) is 9.59 Å². The molecule has 0 radical (unpaired) electrons. The smallest absolute Gasteiger partial charge is 0.229 e. The number of fused-ring (bicyclic) bond motifs is 1. The van der Waals surface area contributed by atoms with Gasteiger partial charge < -0.3 is 14.6 Å². The van der Waals surface area contributed by atoms with Crippen LogP contribution < -0.4 is 5.32 Å². The van der Waals surface area contributed by atoms with Gasteiger partial charge in [-0.15, -0.1) is 0 Å². The summed E-state index contributed by atoms with van der Waals surface area (Å²) in [6.45, 7) is 4.20. The van der Waals surface area contributed by atoms with Crippen LogP contribution in [0.2, 0.25) is 0 Å². The van der Waals surface area contributed by atoms with E-state index in [0.717, 1.165) is 5.56 Å². The van der Waals surface area contributed by atoms with Gasteiger partial charge in [0.05, 0.1) is 12.0 Å². The van der Waals surface area contributed by atoms with Crippen LogP contribution in [0.4, 0.5) is 5.69 Å². The van der Waals surface area contributed by atoms with Crippen molar-refractivity contribution in [3.63, 3.8) is 0 Å². The third-order valence-electron chi connectivity index (χ3n) is 5.04. The van der Waals surface area contributed by atoms with Gasteiger partial charge in [0.2, 0.25) is 11.8 Å². The molecule has 6 nitrogen and oxygen atoms in total. The summed E-state index contributed by atoms with van der Waals surface area (Å²) in [6, 6.07) is 15.2. The van der Waals surface area contributed by atoms with Gasteiger partial charge in [-0.1, -0.05) is 30.3 Å². The maximum Gasteiger partial charge on any atom is 0.229 e. The predicted octanol–water partition coefficient (Wildman–Crippen LogP) is 3.68. The Morgan fingerprint density at radius 3 is 2.81 bits per heavy atom. The van der Waals surface area contributed by atoms with Crippen LogP contribution in [-0.4, -0.2) is 28.2 Å². The van der Waals surface area contributed by atoms with Crippen LogP contribution in [0.1, 0.15) is 30.8 Å². The van der Waals surface area contributed by atoms with Crippen LogP contribution >= 0.6 is 0 Å². The molecule has 0 spiro atoms. The van der Waals surface area contributed by atoms with E-state index in [1.165, 1.54) is 0 Å². The highest BCUT2D eigenvalue weighted by molar-refractivity contribution is 5.98. The van der Waals surface area contributed by atoms with Gasteiger partial charge in [-0.25, -0.2) is 4.98 Å². The van der Waals surface area contributed by atoms with Gasteiger partial charge in [-0.05, 0) is 30.7 Å². The Bertz CT molecular complexity index is 996. The zero-order valence-corrected chi connectivity index (χ0v) is 15.3. The fourth-order valence-corrected chi connectivity index (χ4v) is 3.56. The molecule has 1 fully saturated rings. The van der Waals surface area contributed by atoms with Gasteiger partial charge in [-0.3, -0.25) is 9.59 Å². The van der Waals surface area contributed by atoms with Crippen molar-refractivity contribution < 1.29 is 14.0 Å². The van der Waals surface area contributed by atoms with Gasteiger partial charge >= 0.3 is 0 Å². The number of rotatable bonds is 4. The molecule has 2 amide bonds. The van der Waals surface area contributed by atoms with Crippen molar-refractivity contribution >= 4 is 28.6 Å². The molecule has 1 aromatic heterocycles. The first-order valence-electron chi connectivity index (χ1n) is 9.04. The molecular weight excluding hydrogens is 342 g/mol. The summed E-state index contributed by atoms with van der Waals surface area (Å²) in [5.41, 5.74) is 3.11. The van der Waals surface area contributed by atoms with E-state index in [1.54, 1.807) is 30.0 Å². The van der Waals surface area contributed by atoms with Crippen molar-refractivity contribution in [2.45, 2.75) is 26.3 Å². The number of anilines is 1. The fraction of sp³-hybridized carbons (Fsp3) is 0.286. The number of hydrogen-bond acceptors (Lipinski definition) is 4. The summed E-state index contributed by atoms with van der Waals surface area (Å²) in [7, 11) is 0. The van der Waals surface area contributed by atoms with Gasteiger partial charge in [0.15, 0.2) is 11.5 Å². The minimum Gasteiger partial charge on any atom is -0.441 e. The van der Waals surface area contributed by atoms with Crippen LogP contribution in [0.3, 0.4) is 0 Å². The molecule has 6 heteroatoms. The van der Waals surface area contributed by atoms with Crippen LogP contribution in [0.15, 0.2) is 52.9 Å². The van der Waals surface area contributed by atoms with Gasteiger partial charge in [0, 0.05) is 25.6 Å². The molecule has 0 bridgehead atoms. The molecule has 2 heterocycles. The quantitative estimate of drug-likeness (QED) is 0.767. The molecule has 1 N–H and O–H groups in total. The van der Waals surface area contributed by atoms with Crippen molar-refractivity contribution in [3.05, 3.63) is 60.0 Å². The highest BCUT2D eigenvalue weighted by Gasteiger charge is 2.37. The third kappa shape index (κ3) is 3.43. The number of likely N-dealkylation sites (tertiary alicyclic amines) is 1. The lowest BCUT2D eigenvalue weighted by molar-refractivity contribution is -0.129. The number of aryl methyl sites for hydroxylation is 1. The average molecular weight is 363 g/mol. The normalized spacial score (nSPS) is 18.1. The number of benzene rings is 2. The van der Waals surface area contributed by atoms with E-state index in [2.05, 4.69) is 10.3 Å². The first-order chi connectivity index (χ1) is 13.0. The van der Waals surface area contributed by atoms with E-state index < -0.39 is 0 Å². The Kier molecular flexibility index (Phi) is 4.39. The van der Waals surface area contributed by atoms with E-state index in [1.807, 2.05) is 37.3 Å². The van der Waals surface area contributed by atoms with Crippen molar-refractivity contribution in [2.75, 3.05) is 11.9 Å². The maximum atomic E-state index is 12.7. The number of amides is 2. The number of aromatic nitrogens is 1. The molecule has 4 rings (SSSR count). The summed E-state index contributed by atoms with van der Waals surface area (Å²) in [6.07, 6.45) is 0.230. The number of carbonyl (C=O) groups is 2. The van der Waals surface area contributed by atoms with Crippen LogP contribution in [0, 0.1) is 12.8 Å². The van der Waals surface area contributed by atoms with Gasteiger partial charge in [-0.2, -0.15) is 0 Å². The number of carbonyl (C=O) groups excluding carboxylic acids is 2. The third-order valence-corrected chi connectivity index (χ3v) is 5.04. The summed E-state index contributed by atoms with van der Waals surface area (Å²) in [5, 5.41) is 2.91. The van der Waals surface area contributed by atoms with Crippen molar-refractivity contribution in [1.29, 1.82) is 0 Å². The molecule has 1 aliphatic rings. The zero-order valence-electron chi connectivity index (χ0n) is 15.3. The number of nitrogens with zero attached hydrogens (tertiary/aromatic N) is 2. The Balaban J connectivity index is 1.45. The lowest BCUT2D eigenvalue weighted by Crippen LogP contribution is -2.30. The molecule has 0 saturated carbocycles. The van der Waals surface area contributed by atoms with E-state index in [0.29, 0.717) is 29.2 Å². The predicted molar refractivity (Wildman–Crippen MR) is 102 cm³/mol. The zero-order chi connectivity index (χ0) is 19.0. The topological polar surface area (TPSA) is 75.4 Å². The lowest BCUT2D eigenvalue weighted by Gasteiger charge is -2.25. The first-order valence-corrected chi connectivity index (χ1v) is 9.04. The van der Waals surface area contributed by atoms with Crippen LogP contribution in [0.5, 0.6) is 0 Å². The Hall–Kier alpha value is -3.15. The second kappa shape index (κ2) is 6.87. The molecule has 1 aliphatic heterocycles. The van der Waals surface area contributed by atoms with Gasteiger partial charge in [0.1, 0.15) is 5.52 Å². The Labute approximate surface area is 157 Å². The van der Waals surface area contributed by atoms with E-state index >= 15 is 0 Å². The fourth-order valence-electron chi connectivity index (χ4n) is 3.56. The molecular formula is C21H21N3O3. The summed E-state index contributed by atoms with van der Waals surface area (Å²) >= 11 is 0. The molecule has 0 aliphatic carbocycles. The molecule has 2 aromatic carbocycles. The molecule has 27 heavy (non-hydrogen) atoms. The van der Waals surface area contributed by atoms with Crippen LogP contribution in [0.25, 0.3) is 11.1 Å². The summed E-state index contributed by atoms with van der Waals surface area (Å²) in [5.74, 6) is 0.0820. The second-order valence-electron chi connectivity index (χ2n) is 6.94. The molecule has 1 saturated heterocycles. The van der Waals surface area contributed by atoms with Crippen molar-refractivity contribution in [3.8, 4) is 0 Å². The first kappa shape index (κ1) is 17.3. The van der Waals surface area contributed by atoms with E-state index in [9.17, 15) is 9.59 Å². The number of oxazole rings is 1. The molecule has 0 unspecified atom stereocenters. The summed E-state index contributed by atoms with van der Waals surface area (Å²) in [4.78, 5) is 31.2. The Morgan fingerprint density at radius 1 is 1.26 bits per heavy atom. The minimum atomic E-state index is -0.363. The van der Waals surface area contributed by atoms with E-state index in [4.69, 9.17) is 4.42 Å². The Morgan fingerprint density at radius 2 is 2.04 bits per heavy atom. The van der Waals surface area contributed by atoms with Gasteiger partial charge in [0.25, 0.3) is 0 Å². The maximum absolute atomic E-state index is 12.7. The minimum absolute atomic E-state index is 0.00841. The second-order valence-corrected chi connectivity index (χ2v) is 6.94. The summed E-state index contributed by atoms with van der Waals surface area (Å²) < 4.78 is 5.45.